The molecule has 6 nitrogen and oxygen atoms in total. The highest BCUT2D eigenvalue weighted by molar-refractivity contribution is 9.10. The number of carbonyl (C=O) groups excluding carboxylic acids is 3. The summed E-state index contributed by atoms with van der Waals surface area (Å²) in [6, 6.07) is 7.34. The summed E-state index contributed by atoms with van der Waals surface area (Å²) in [5.74, 6) is -1.69. The molecule has 0 atom stereocenters. The molecule has 0 spiro atoms. The van der Waals surface area contributed by atoms with E-state index in [1.54, 1.807) is 6.08 Å². The molecule has 0 heterocycles. The molecule has 0 fully saturated rings. The zero-order valence-corrected chi connectivity index (χ0v) is 12.3. The predicted octanol–water partition coefficient (Wildman–Crippen LogP) is 1.17. The van der Waals surface area contributed by atoms with Gasteiger partial charge in [0.25, 0.3) is 5.91 Å². The van der Waals surface area contributed by atoms with E-state index in [0.29, 0.717) is 0 Å². The number of nitrogens with one attached hydrogen (secondary N) is 2. The van der Waals surface area contributed by atoms with Crippen molar-refractivity contribution in [2.75, 3.05) is 6.61 Å². The number of ether oxygens (including phenoxy) is 1. The van der Waals surface area contributed by atoms with Crippen LogP contribution in [0.25, 0.3) is 6.08 Å². The van der Waals surface area contributed by atoms with Crippen molar-refractivity contribution in [1.29, 1.82) is 0 Å². The van der Waals surface area contributed by atoms with Crippen molar-refractivity contribution in [3.63, 3.8) is 0 Å². The number of hydrogen-bond acceptors (Lipinski definition) is 4. The van der Waals surface area contributed by atoms with E-state index < -0.39 is 24.4 Å². The number of halogens is 1. The van der Waals surface area contributed by atoms with Crippen LogP contribution < -0.4 is 10.9 Å². The van der Waals surface area contributed by atoms with E-state index in [4.69, 9.17) is 4.74 Å². The fourth-order valence-corrected chi connectivity index (χ4v) is 1.56. The van der Waals surface area contributed by atoms with Crippen LogP contribution in [-0.2, 0) is 19.1 Å². The number of benzene rings is 1. The van der Waals surface area contributed by atoms with E-state index in [0.717, 1.165) is 10.0 Å². The normalized spacial score (nSPS) is 10.1. The van der Waals surface area contributed by atoms with E-state index >= 15 is 0 Å². The van der Waals surface area contributed by atoms with Gasteiger partial charge >= 0.3 is 5.97 Å². The first kappa shape index (κ1) is 15.9. The molecular formula is C13H13BrN2O4. The molecule has 1 aromatic rings. The van der Waals surface area contributed by atoms with Crippen molar-refractivity contribution in [1.82, 2.24) is 10.9 Å². The van der Waals surface area contributed by atoms with Gasteiger partial charge in [-0.3, -0.25) is 20.4 Å². The van der Waals surface area contributed by atoms with Crippen LogP contribution in [0.5, 0.6) is 0 Å². The van der Waals surface area contributed by atoms with Gasteiger partial charge in [-0.05, 0) is 17.7 Å². The molecule has 0 aliphatic carbocycles. The average Bonchev–Trinajstić information content (AvgIpc) is 2.42. The molecule has 1 rings (SSSR count). The largest absolute Gasteiger partial charge is 0.452 e. The molecular weight excluding hydrogens is 328 g/mol. The summed E-state index contributed by atoms with van der Waals surface area (Å²) >= 11 is 3.33. The molecule has 2 N–H and O–H groups in total. The second kappa shape index (κ2) is 8.11. The van der Waals surface area contributed by atoms with Gasteiger partial charge in [0.05, 0.1) is 0 Å². The molecule has 2 amide bonds. The topological polar surface area (TPSA) is 84.5 Å². The van der Waals surface area contributed by atoms with Gasteiger partial charge in [-0.1, -0.05) is 34.1 Å². The molecule has 0 saturated carbocycles. The molecule has 0 bridgehead atoms. The standard InChI is InChI=1S/C13H13BrN2O4/c1-9(17)15-16-12(18)8-20-13(19)7-6-10-4-2-3-5-11(10)14/h2-7H,8H2,1H3,(H,15,17)(H,16,18)/b7-6+. The van der Waals surface area contributed by atoms with Crippen LogP contribution in [0, 0.1) is 0 Å². The highest BCUT2D eigenvalue weighted by atomic mass is 79.9. The minimum atomic E-state index is -0.654. The Morgan fingerprint density at radius 2 is 1.95 bits per heavy atom. The number of carbonyl (C=O) groups is 3. The van der Waals surface area contributed by atoms with Crippen molar-refractivity contribution in [3.8, 4) is 0 Å². The highest BCUT2D eigenvalue weighted by Crippen LogP contribution is 2.16. The molecule has 0 unspecified atom stereocenters. The lowest BCUT2D eigenvalue weighted by molar-refractivity contribution is -0.144. The Morgan fingerprint density at radius 3 is 2.60 bits per heavy atom. The Balaban J connectivity index is 2.39. The van der Waals surface area contributed by atoms with E-state index in [1.807, 2.05) is 24.3 Å². The number of amides is 2. The summed E-state index contributed by atoms with van der Waals surface area (Å²) < 4.78 is 5.53. The monoisotopic (exact) mass is 340 g/mol. The number of rotatable bonds is 4. The zero-order chi connectivity index (χ0) is 15.0. The number of esters is 1. The fraction of sp³-hybridized carbons (Fsp3) is 0.154. The number of hydrazine groups is 1. The van der Waals surface area contributed by atoms with Crippen molar-refractivity contribution in [3.05, 3.63) is 40.4 Å². The van der Waals surface area contributed by atoms with Gasteiger partial charge < -0.3 is 4.74 Å². The summed E-state index contributed by atoms with van der Waals surface area (Å²) in [7, 11) is 0. The van der Waals surface area contributed by atoms with Crippen LogP contribution >= 0.6 is 15.9 Å². The maximum absolute atomic E-state index is 11.4. The minimum absolute atomic E-state index is 0.418. The third kappa shape index (κ3) is 6.14. The first-order chi connectivity index (χ1) is 9.49. The maximum Gasteiger partial charge on any atom is 0.331 e. The van der Waals surface area contributed by atoms with Crippen LogP contribution in [0.3, 0.4) is 0 Å². The molecule has 0 radical (unpaired) electrons. The van der Waals surface area contributed by atoms with Gasteiger partial charge in [0.1, 0.15) is 0 Å². The summed E-state index contributed by atoms with van der Waals surface area (Å²) in [5.41, 5.74) is 4.97. The van der Waals surface area contributed by atoms with Crippen molar-refractivity contribution < 1.29 is 19.1 Å². The predicted molar refractivity (Wildman–Crippen MR) is 76.1 cm³/mol. The molecule has 0 aliphatic rings. The smallest absolute Gasteiger partial charge is 0.331 e. The SMILES string of the molecule is CC(=O)NNC(=O)COC(=O)/C=C/c1ccccc1Br. The lowest BCUT2D eigenvalue weighted by Crippen LogP contribution is -2.42. The van der Waals surface area contributed by atoms with Gasteiger partial charge in [-0.15, -0.1) is 0 Å². The molecule has 20 heavy (non-hydrogen) atoms. The summed E-state index contributed by atoms with van der Waals surface area (Å²) in [6.45, 7) is 0.770. The summed E-state index contributed by atoms with van der Waals surface area (Å²) in [6.07, 6.45) is 2.78. The molecule has 0 aliphatic heterocycles. The first-order valence-corrected chi connectivity index (χ1v) is 6.43. The van der Waals surface area contributed by atoms with Gasteiger partial charge in [0.2, 0.25) is 5.91 Å². The Morgan fingerprint density at radius 1 is 1.25 bits per heavy atom. The Bertz CT molecular complexity index is 543. The van der Waals surface area contributed by atoms with Gasteiger partial charge in [0, 0.05) is 17.5 Å². The van der Waals surface area contributed by atoms with Crippen LogP contribution in [-0.4, -0.2) is 24.4 Å². The van der Waals surface area contributed by atoms with E-state index in [-0.39, 0.29) is 0 Å². The molecule has 7 heteroatoms. The quantitative estimate of drug-likeness (QED) is 0.489. The van der Waals surface area contributed by atoms with E-state index in [1.165, 1.54) is 13.0 Å². The number of hydrogen-bond donors (Lipinski definition) is 2. The van der Waals surface area contributed by atoms with Gasteiger partial charge in [0.15, 0.2) is 6.61 Å². The Kier molecular flexibility index (Phi) is 6.45. The average molecular weight is 341 g/mol. The van der Waals surface area contributed by atoms with Gasteiger partial charge in [-0.2, -0.15) is 0 Å². The van der Waals surface area contributed by atoms with Crippen LogP contribution in [0.2, 0.25) is 0 Å². The lowest BCUT2D eigenvalue weighted by atomic mass is 10.2. The second-order valence-electron chi connectivity index (χ2n) is 3.69. The van der Waals surface area contributed by atoms with Crippen molar-refractivity contribution in [2.45, 2.75) is 6.92 Å². The van der Waals surface area contributed by atoms with Crippen molar-refractivity contribution >= 4 is 39.8 Å². The molecule has 0 saturated heterocycles. The summed E-state index contributed by atoms with van der Waals surface area (Å²) in [4.78, 5) is 33.1. The second-order valence-corrected chi connectivity index (χ2v) is 4.55. The minimum Gasteiger partial charge on any atom is -0.452 e. The maximum atomic E-state index is 11.4. The Hall–Kier alpha value is -2.15. The molecule has 0 aromatic heterocycles. The van der Waals surface area contributed by atoms with Crippen LogP contribution in [0.4, 0.5) is 0 Å². The molecule has 1 aromatic carbocycles. The fourth-order valence-electron chi connectivity index (χ4n) is 1.15. The van der Waals surface area contributed by atoms with E-state index in [9.17, 15) is 14.4 Å². The zero-order valence-electron chi connectivity index (χ0n) is 10.7. The van der Waals surface area contributed by atoms with Crippen LogP contribution in [0.15, 0.2) is 34.8 Å². The van der Waals surface area contributed by atoms with Crippen LogP contribution in [0.1, 0.15) is 12.5 Å². The Labute approximate surface area is 124 Å². The van der Waals surface area contributed by atoms with Gasteiger partial charge in [-0.25, -0.2) is 4.79 Å². The summed E-state index contributed by atoms with van der Waals surface area (Å²) in [5, 5.41) is 0. The third-order valence-electron chi connectivity index (χ3n) is 2.03. The van der Waals surface area contributed by atoms with E-state index in [2.05, 4.69) is 26.8 Å². The third-order valence-corrected chi connectivity index (χ3v) is 2.75. The lowest BCUT2D eigenvalue weighted by Gasteiger charge is -2.04. The molecule has 106 valence electrons. The highest BCUT2D eigenvalue weighted by Gasteiger charge is 2.05. The first-order valence-electron chi connectivity index (χ1n) is 5.64. The van der Waals surface area contributed by atoms with Crippen molar-refractivity contribution in [2.24, 2.45) is 0 Å².